The van der Waals surface area contributed by atoms with Crippen molar-refractivity contribution < 1.29 is 23.8 Å². The molecule has 0 unspecified atom stereocenters. The molecule has 1 amide bonds. The number of hydrogen-bond acceptors (Lipinski definition) is 3. The lowest BCUT2D eigenvalue weighted by atomic mass is 9.76. The van der Waals surface area contributed by atoms with E-state index in [1.54, 1.807) is 42.5 Å². The maximum absolute atomic E-state index is 13.9. The second-order valence-electron chi connectivity index (χ2n) is 7.25. The van der Waals surface area contributed by atoms with Gasteiger partial charge in [0.1, 0.15) is 5.82 Å². The molecule has 0 aliphatic carbocycles. The molecular weight excluding hydrogens is 361 g/mol. The zero-order valence-corrected chi connectivity index (χ0v) is 15.6. The summed E-state index contributed by atoms with van der Waals surface area (Å²) >= 11 is 0. The third-order valence-electron chi connectivity index (χ3n) is 5.38. The monoisotopic (exact) mass is 385 g/mol. The number of benzene rings is 2. The van der Waals surface area contributed by atoms with Crippen LogP contribution >= 0.6 is 0 Å². The Bertz CT molecular complexity index is 829. The molecule has 1 aliphatic rings. The van der Waals surface area contributed by atoms with Gasteiger partial charge in [-0.3, -0.25) is 9.59 Å². The molecule has 0 saturated carbocycles. The average Bonchev–Trinajstić information content (AvgIpc) is 2.72. The van der Waals surface area contributed by atoms with Gasteiger partial charge in [-0.05, 0) is 48.4 Å². The molecule has 1 aliphatic heterocycles. The third-order valence-corrected chi connectivity index (χ3v) is 5.38. The van der Waals surface area contributed by atoms with E-state index in [0.29, 0.717) is 42.9 Å². The van der Waals surface area contributed by atoms with Crippen molar-refractivity contribution in [3.8, 4) is 11.1 Å². The van der Waals surface area contributed by atoms with Crippen molar-refractivity contribution >= 4 is 11.9 Å². The van der Waals surface area contributed by atoms with Gasteiger partial charge in [0.15, 0.2) is 0 Å². The maximum Gasteiger partial charge on any atom is 0.303 e. The number of aliphatic carboxylic acids is 1. The Labute approximate surface area is 163 Å². The van der Waals surface area contributed by atoms with Crippen LogP contribution in [-0.4, -0.2) is 36.7 Å². The first-order chi connectivity index (χ1) is 13.5. The Balaban J connectivity index is 1.65. The minimum Gasteiger partial charge on any atom is -0.481 e. The minimum absolute atomic E-state index is 0.0766. The fraction of sp³-hybridized carbons (Fsp3) is 0.364. The van der Waals surface area contributed by atoms with E-state index in [4.69, 9.17) is 9.84 Å². The standard InChI is InChI=1S/C22H24FNO4/c23-19-4-2-1-3-18(19)16-5-7-17(8-6-16)21(27)24-15-22(10-9-20(25)26)11-13-28-14-12-22/h1-8H,9-15H2,(H,24,27)(H,25,26). The summed E-state index contributed by atoms with van der Waals surface area (Å²) in [4.78, 5) is 23.5. The Morgan fingerprint density at radius 1 is 1.07 bits per heavy atom. The minimum atomic E-state index is -0.832. The van der Waals surface area contributed by atoms with Crippen LogP contribution in [0.1, 0.15) is 36.0 Å². The Kier molecular flexibility index (Phi) is 6.41. The summed E-state index contributed by atoms with van der Waals surface area (Å²) in [6, 6.07) is 13.3. The summed E-state index contributed by atoms with van der Waals surface area (Å²) in [6.45, 7) is 1.57. The van der Waals surface area contributed by atoms with Crippen LogP contribution in [-0.2, 0) is 9.53 Å². The highest BCUT2D eigenvalue weighted by Gasteiger charge is 2.33. The highest BCUT2D eigenvalue weighted by atomic mass is 19.1. The number of halogens is 1. The smallest absolute Gasteiger partial charge is 0.303 e. The van der Waals surface area contributed by atoms with Gasteiger partial charge in [-0.25, -0.2) is 4.39 Å². The van der Waals surface area contributed by atoms with E-state index in [1.807, 2.05) is 0 Å². The van der Waals surface area contributed by atoms with Gasteiger partial charge in [0, 0.05) is 37.3 Å². The predicted octanol–water partition coefficient (Wildman–Crippen LogP) is 3.88. The van der Waals surface area contributed by atoms with E-state index in [9.17, 15) is 14.0 Å². The molecule has 0 radical (unpaired) electrons. The van der Waals surface area contributed by atoms with Crippen LogP contribution in [0.5, 0.6) is 0 Å². The average molecular weight is 385 g/mol. The number of carboxylic acid groups (broad SMARTS) is 1. The maximum atomic E-state index is 13.9. The van der Waals surface area contributed by atoms with E-state index in [2.05, 4.69) is 5.32 Å². The molecule has 1 saturated heterocycles. The predicted molar refractivity (Wildman–Crippen MR) is 104 cm³/mol. The van der Waals surface area contributed by atoms with E-state index in [0.717, 1.165) is 12.8 Å². The number of carbonyl (C=O) groups is 2. The number of rotatable bonds is 7. The van der Waals surface area contributed by atoms with Crippen LogP contribution in [0, 0.1) is 11.2 Å². The molecule has 0 atom stereocenters. The molecule has 0 bridgehead atoms. The molecule has 2 N–H and O–H groups in total. The fourth-order valence-corrected chi connectivity index (χ4v) is 3.56. The second-order valence-corrected chi connectivity index (χ2v) is 7.25. The number of nitrogens with one attached hydrogen (secondary N) is 1. The zero-order valence-electron chi connectivity index (χ0n) is 15.6. The van der Waals surface area contributed by atoms with Crippen molar-refractivity contribution in [1.82, 2.24) is 5.32 Å². The Hall–Kier alpha value is -2.73. The summed E-state index contributed by atoms with van der Waals surface area (Å²) in [7, 11) is 0. The fourth-order valence-electron chi connectivity index (χ4n) is 3.56. The van der Waals surface area contributed by atoms with Crippen LogP contribution in [0.4, 0.5) is 4.39 Å². The van der Waals surface area contributed by atoms with Gasteiger partial charge in [0.25, 0.3) is 5.91 Å². The SMILES string of the molecule is O=C(O)CCC1(CNC(=O)c2ccc(-c3ccccc3F)cc2)CCOCC1. The molecule has 0 spiro atoms. The molecular formula is C22H24FNO4. The summed E-state index contributed by atoms with van der Waals surface area (Å²) in [5, 5.41) is 12.0. The topological polar surface area (TPSA) is 75.6 Å². The lowest BCUT2D eigenvalue weighted by Crippen LogP contribution is -2.41. The molecule has 1 fully saturated rings. The first-order valence-corrected chi connectivity index (χ1v) is 9.42. The quantitative estimate of drug-likeness (QED) is 0.758. The van der Waals surface area contributed by atoms with Crippen LogP contribution in [0.25, 0.3) is 11.1 Å². The highest BCUT2D eigenvalue weighted by Crippen LogP contribution is 2.35. The number of carboxylic acids is 1. The highest BCUT2D eigenvalue weighted by molar-refractivity contribution is 5.94. The molecule has 5 nitrogen and oxygen atoms in total. The van der Waals surface area contributed by atoms with Crippen molar-refractivity contribution in [2.75, 3.05) is 19.8 Å². The van der Waals surface area contributed by atoms with E-state index < -0.39 is 5.97 Å². The number of carbonyl (C=O) groups excluding carboxylic acids is 1. The van der Waals surface area contributed by atoms with Crippen molar-refractivity contribution in [3.63, 3.8) is 0 Å². The first-order valence-electron chi connectivity index (χ1n) is 9.42. The molecule has 0 aromatic heterocycles. The van der Waals surface area contributed by atoms with Gasteiger partial charge < -0.3 is 15.2 Å². The number of hydrogen-bond donors (Lipinski definition) is 2. The van der Waals surface area contributed by atoms with Gasteiger partial charge in [-0.2, -0.15) is 0 Å². The Morgan fingerprint density at radius 3 is 2.39 bits per heavy atom. The van der Waals surface area contributed by atoms with Gasteiger partial charge in [0.2, 0.25) is 0 Å². The van der Waals surface area contributed by atoms with Crippen LogP contribution in [0.3, 0.4) is 0 Å². The van der Waals surface area contributed by atoms with Crippen LogP contribution in [0.2, 0.25) is 0 Å². The summed E-state index contributed by atoms with van der Waals surface area (Å²) in [5.74, 6) is -1.36. The lowest BCUT2D eigenvalue weighted by molar-refractivity contribution is -0.138. The van der Waals surface area contributed by atoms with E-state index in [-0.39, 0.29) is 23.6 Å². The number of amides is 1. The first kappa shape index (κ1) is 20.0. The largest absolute Gasteiger partial charge is 0.481 e. The summed E-state index contributed by atoms with van der Waals surface area (Å²) in [6.07, 6.45) is 2.05. The van der Waals surface area contributed by atoms with Gasteiger partial charge in [-0.1, -0.05) is 30.3 Å². The van der Waals surface area contributed by atoms with Crippen molar-refractivity contribution in [3.05, 3.63) is 59.9 Å². The van der Waals surface area contributed by atoms with Crippen LogP contribution in [0.15, 0.2) is 48.5 Å². The van der Waals surface area contributed by atoms with Crippen molar-refractivity contribution in [1.29, 1.82) is 0 Å². The van der Waals surface area contributed by atoms with Crippen molar-refractivity contribution in [2.24, 2.45) is 5.41 Å². The van der Waals surface area contributed by atoms with E-state index >= 15 is 0 Å². The van der Waals surface area contributed by atoms with Crippen molar-refractivity contribution in [2.45, 2.75) is 25.7 Å². The second kappa shape index (κ2) is 8.97. The molecule has 6 heteroatoms. The van der Waals surface area contributed by atoms with Crippen LogP contribution < -0.4 is 5.32 Å². The normalized spacial score (nSPS) is 15.8. The third kappa shape index (κ3) is 4.95. The molecule has 2 aromatic rings. The molecule has 1 heterocycles. The zero-order chi connectivity index (χ0) is 20.0. The van der Waals surface area contributed by atoms with E-state index in [1.165, 1.54) is 6.07 Å². The molecule has 3 rings (SSSR count). The summed E-state index contributed by atoms with van der Waals surface area (Å²) in [5.41, 5.74) is 1.43. The molecule has 2 aromatic carbocycles. The number of ether oxygens (including phenoxy) is 1. The van der Waals surface area contributed by atoms with Gasteiger partial charge >= 0.3 is 5.97 Å². The lowest BCUT2D eigenvalue weighted by Gasteiger charge is -2.37. The summed E-state index contributed by atoms with van der Waals surface area (Å²) < 4.78 is 19.3. The molecule has 148 valence electrons. The molecule has 28 heavy (non-hydrogen) atoms. The Morgan fingerprint density at radius 2 is 1.75 bits per heavy atom. The van der Waals surface area contributed by atoms with Gasteiger partial charge in [-0.15, -0.1) is 0 Å². The van der Waals surface area contributed by atoms with Gasteiger partial charge in [0.05, 0.1) is 0 Å².